The molecule has 0 radical (unpaired) electrons. The summed E-state index contributed by atoms with van der Waals surface area (Å²) >= 11 is 0. The summed E-state index contributed by atoms with van der Waals surface area (Å²) in [5.74, 6) is -1.08. The largest absolute Gasteiger partial charge is 0.480 e. The number of nitrogens with two attached hydrogens (primary N) is 1. The number of anilines is 1. The van der Waals surface area contributed by atoms with E-state index in [4.69, 9.17) is 15.6 Å². The highest BCUT2D eigenvalue weighted by molar-refractivity contribution is 5.92. The highest BCUT2D eigenvalue weighted by Gasteiger charge is 2.25. The van der Waals surface area contributed by atoms with E-state index in [0.29, 0.717) is 5.69 Å². The van der Waals surface area contributed by atoms with Crippen molar-refractivity contribution >= 4 is 17.6 Å². The Morgan fingerprint density at radius 2 is 1.95 bits per heavy atom. The Morgan fingerprint density at radius 3 is 2.57 bits per heavy atom. The molecule has 0 aromatic heterocycles. The number of hydrogen-bond acceptors (Lipinski definition) is 4. The first kappa shape index (κ1) is 15.2. The Balaban J connectivity index is 2.10. The van der Waals surface area contributed by atoms with Crippen molar-refractivity contribution in [2.75, 3.05) is 18.8 Å². The van der Waals surface area contributed by atoms with Gasteiger partial charge in [-0.25, -0.2) is 4.79 Å². The topological polar surface area (TPSA) is 92.9 Å². The molecule has 1 aliphatic heterocycles. The van der Waals surface area contributed by atoms with E-state index in [1.54, 1.807) is 17.9 Å². The molecule has 1 atom stereocenters. The predicted octanol–water partition coefficient (Wildman–Crippen LogP) is 1.75. The lowest BCUT2D eigenvalue weighted by atomic mass is 10.1. The van der Waals surface area contributed by atoms with Gasteiger partial charge in [-0.2, -0.15) is 0 Å². The van der Waals surface area contributed by atoms with Crippen molar-refractivity contribution in [1.29, 1.82) is 0 Å². The summed E-state index contributed by atoms with van der Waals surface area (Å²) < 4.78 is 5.55. The van der Waals surface area contributed by atoms with E-state index in [1.807, 2.05) is 0 Å². The minimum atomic E-state index is -1.13. The van der Waals surface area contributed by atoms with Crippen LogP contribution >= 0.6 is 0 Å². The van der Waals surface area contributed by atoms with E-state index in [-0.39, 0.29) is 17.2 Å². The molecule has 1 unspecified atom stereocenters. The van der Waals surface area contributed by atoms with Gasteiger partial charge in [0, 0.05) is 18.8 Å². The summed E-state index contributed by atoms with van der Waals surface area (Å²) in [7, 11) is 0. The van der Waals surface area contributed by atoms with Crippen LogP contribution in [0.3, 0.4) is 0 Å². The van der Waals surface area contributed by atoms with E-state index in [1.165, 1.54) is 12.1 Å². The zero-order valence-electron chi connectivity index (χ0n) is 12.0. The SMILES string of the molecule is CC(Oc1ccc(N)cc1C(=O)O)C(=O)N1CCCCC1. The van der Waals surface area contributed by atoms with Crippen LogP contribution in [0.25, 0.3) is 0 Å². The minimum Gasteiger partial charge on any atom is -0.480 e. The third-order valence-corrected chi connectivity index (χ3v) is 3.55. The summed E-state index contributed by atoms with van der Waals surface area (Å²) in [6, 6.07) is 4.37. The molecule has 114 valence electrons. The zero-order valence-corrected chi connectivity index (χ0v) is 12.0. The van der Waals surface area contributed by atoms with Crippen LogP contribution in [0.2, 0.25) is 0 Å². The van der Waals surface area contributed by atoms with Crippen LogP contribution in [-0.2, 0) is 4.79 Å². The molecule has 1 aromatic carbocycles. The molecule has 6 nitrogen and oxygen atoms in total. The van der Waals surface area contributed by atoms with Gasteiger partial charge in [-0.1, -0.05) is 0 Å². The Kier molecular flexibility index (Phi) is 4.67. The second kappa shape index (κ2) is 6.47. The van der Waals surface area contributed by atoms with Gasteiger partial charge in [0.2, 0.25) is 0 Å². The number of likely N-dealkylation sites (tertiary alicyclic amines) is 1. The van der Waals surface area contributed by atoms with E-state index in [9.17, 15) is 9.59 Å². The molecular weight excluding hydrogens is 272 g/mol. The van der Waals surface area contributed by atoms with Crippen molar-refractivity contribution in [3.63, 3.8) is 0 Å². The summed E-state index contributed by atoms with van der Waals surface area (Å²) in [6.07, 6.45) is 2.42. The maximum absolute atomic E-state index is 12.3. The highest BCUT2D eigenvalue weighted by atomic mass is 16.5. The number of aromatic carboxylic acids is 1. The van der Waals surface area contributed by atoms with Gasteiger partial charge in [-0.3, -0.25) is 4.79 Å². The molecule has 1 aliphatic rings. The molecular formula is C15H20N2O4. The maximum atomic E-state index is 12.3. The Hall–Kier alpha value is -2.24. The second-order valence-corrected chi connectivity index (χ2v) is 5.21. The van der Waals surface area contributed by atoms with Crippen LogP contribution in [-0.4, -0.2) is 41.1 Å². The van der Waals surface area contributed by atoms with Crippen LogP contribution in [0, 0.1) is 0 Å². The molecule has 2 rings (SSSR count). The molecule has 21 heavy (non-hydrogen) atoms. The standard InChI is InChI=1S/C15H20N2O4/c1-10(14(18)17-7-3-2-4-8-17)21-13-6-5-11(16)9-12(13)15(19)20/h5-6,9-10H,2-4,7-8,16H2,1H3,(H,19,20). The first-order valence-corrected chi connectivity index (χ1v) is 7.07. The average molecular weight is 292 g/mol. The van der Waals surface area contributed by atoms with Gasteiger partial charge in [-0.05, 0) is 44.4 Å². The minimum absolute atomic E-state index is 0.0340. The van der Waals surface area contributed by atoms with E-state index in [2.05, 4.69) is 0 Å². The van der Waals surface area contributed by atoms with Gasteiger partial charge in [0.25, 0.3) is 5.91 Å². The number of carbonyl (C=O) groups excluding carboxylic acids is 1. The van der Waals surface area contributed by atoms with Crippen molar-refractivity contribution in [3.8, 4) is 5.75 Å². The second-order valence-electron chi connectivity index (χ2n) is 5.21. The number of amides is 1. The molecule has 0 bridgehead atoms. The summed E-state index contributed by atoms with van der Waals surface area (Å²) in [5.41, 5.74) is 5.89. The third kappa shape index (κ3) is 3.65. The molecule has 0 aliphatic carbocycles. The quantitative estimate of drug-likeness (QED) is 0.825. The smallest absolute Gasteiger partial charge is 0.339 e. The lowest BCUT2D eigenvalue weighted by molar-refractivity contribution is -0.138. The third-order valence-electron chi connectivity index (χ3n) is 3.55. The summed E-state index contributed by atoms with van der Waals surface area (Å²) in [5, 5.41) is 9.16. The number of hydrogen-bond donors (Lipinski definition) is 2. The fraction of sp³-hybridized carbons (Fsp3) is 0.467. The molecule has 1 aromatic rings. The normalized spacial score (nSPS) is 16.3. The van der Waals surface area contributed by atoms with Crippen LogP contribution in [0.15, 0.2) is 18.2 Å². The van der Waals surface area contributed by atoms with Crippen molar-refractivity contribution in [3.05, 3.63) is 23.8 Å². The molecule has 6 heteroatoms. The number of carbonyl (C=O) groups is 2. The molecule has 3 N–H and O–H groups in total. The maximum Gasteiger partial charge on any atom is 0.339 e. The van der Waals surface area contributed by atoms with Crippen LogP contribution in [0.1, 0.15) is 36.5 Å². The molecule has 1 fully saturated rings. The number of rotatable bonds is 4. The van der Waals surface area contributed by atoms with Gasteiger partial charge in [0.15, 0.2) is 6.10 Å². The number of nitrogen functional groups attached to an aromatic ring is 1. The van der Waals surface area contributed by atoms with E-state index < -0.39 is 12.1 Å². The van der Waals surface area contributed by atoms with Crippen molar-refractivity contribution < 1.29 is 19.4 Å². The average Bonchev–Trinajstić information content (AvgIpc) is 2.49. The fourth-order valence-corrected chi connectivity index (χ4v) is 2.43. The molecule has 0 saturated carbocycles. The Bertz CT molecular complexity index is 538. The van der Waals surface area contributed by atoms with Gasteiger partial charge < -0.3 is 20.5 Å². The van der Waals surface area contributed by atoms with Crippen LogP contribution < -0.4 is 10.5 Å². The van der Waals surface area contributed by atoms with Crippen molar-refractivity contribution in [2.45, 2.75) is 32.3 Å². The number of carboxylic acids is 1. The van der Waals surface area contributed by atoms with Crippen LogP contribution in [0.4, 0.5) is 5.69 Å². The highest BCUT2D eigenvalue weighted by Crippen LogP contribution is 2.23. The Morgan fingerprint density at radius 1 is 1.29 bits per heavy atom. The first-order chi connectivity index (χ1) is 9.99. The number of nitrogens with zero attached hydrogens (tertiary/aromatic N) is 1. The number of benzene rings is 1. The van der Waals surface area contributed by atoms with E-state index in [0.717, 1.165) is 32.4 Å². The van der Waals surface area contributed by atoms with Gasteiger partial charge in [0.1, 0.15) is 11.3 Å². The summed E-state index contributed by atoms with van der Waals surface area (Å²) in [4.78, 5) is 25.2. The van der Waals surface area contributed by atoms with Gasteiger partial charge in [-0.15, -0.1) is 0 Å². The van der Waals surface area contributed by atoms with E-state index >= 15 is 0 Å². The monoisotopic (exact) mass is 292 g/mol. The molecule has 1 amide bonds. The number of ether oxygens (including phenoxy) is 1. The number of carboxylic acid groups (broad SMARTS) is 1. The molecule has 1 saturated heterocycles. The molecule has 1 heterocycles. The lowest BCUT2D eigenvalue weighted by Crippen LogP contribution is -2.43. The van der Waals surface area contributed by atoms with Gasteiger partial charge in [0.05, 0.1) is 0 Å². The van der Waals surface area contributed by atoms with Gasteiger partial charge >= 0.3 is 5.97 Å². The summed E-state index contributed by atoms with van der Waals surface area (Å²) in [6.45, 7) is 3.11. The predicted molar refractivity (Wildman–Crippen MR) is 78.3 cm³/mol. The zero-order chi connectivity index (χ0) is 15.4. The van der Waals surface area contributed by atoms with Crippen molar-refractivity contribution in [2.24, 2.45) is 0 Å². The number of piperidine rings is 1. The molecule has 0 spiro atoms. The lowest BCUT2D eigenvalue weighted by Gasteiger charge is -2.29. The fourth-order valence-electron chi connectivity index (χ4n) is 2.43. The first-order valence-electron chi connectivity index (χ1n) is 7.07. The van der Waals surface area contributed by atoms with Crippen LogP contribution in [0.5, 0.6) is 5.75 Å². The van der Waals surface area contributed by atoms with Crippen molar-refractivity contribution in [1.82, 2.24) is 4.90 Å². The Labute approximate surface area is 123 Å².